The number of halogens is 6. The minimum absolute atomic E-state index is 0.320. The van der Waals surface area contributed by atoms with Crippen LogP contribution in [-0.2, 0) is 17.4 Å². The third-order valence-corrected chi connectivity index (χ3v) is 6.00. The number of carbonyl (C=O) groups excluding carboxylic acids is 1. The van der Waals surface area contributed by atoms with Gasteiger partial charge in [-0.05, 0) is 59.9 Å². The van der Waals surface area contributed by atoms with Crippen LogP contribution >= 0.6 is 23.2 Å². The highest BCUT2D eigenvalue weighted by Gasteiger charge is 2.32. The van der Waals surface area contributed by atoms with Crippen LogP contribution in [0.1, 0.15) is 40.9 Å². The monoisotopic (exact) mass is 513 g/mol. The summed E-state index contributed by atoms with van der Waals surface area (Å²) in [5.74, 6) is -0.775. The van der Waals surface area contributed by atoms with Crippen molar-refractivity contribution in [3.05, 3.63) is 99.0 Å². The quantitative estimate of drug-likeness (QED) is 0.347. The number of benzene rings is 2. The van der Waals surface area contributed by atoms with Gasteiger partial charge in [0.05, 0.1) is 10.0 Å². The zero-order valence-corrected chi connectivity index (χ0v) is 19.5. The summed E-state index contributed by atoms with van der Waals surface area (Å²) in [7, 11) is 1.49. The summed E-state index contributed by atoms with van der Waals surface area (Å²) < 4.78 is 51.9. The van der Waals surface area contributed by atoms with Gasteiger partial charge in [-0.3, -0.25) is 15.1 Å². The molecule has 34 heavy (non-hydrogen) atoms. The number of nitrogens with one attached hydrogen (secondary N) is 2. The van der Waals surface area contributed by atoms with E-state index in [0.717, 1.165) is 11.6 Å². The topological polar surface area (TPSA) is 54.0 Å². The fourth-order valence-electron chi connectivity index (χ4n) is 3.45. The van der Waals surface area contributed by atoms with Gasteiger partial charge in [-0.2, -0.15) is 13.2 Å². The molecule has 180 valence electrons. The number of likely N-dealkylation sites (N-methyl/N-ethyl adjacent to an activating group) is 1. The van der Waals surface area contributed by atoms with Crippen LogP contribution < -0.4 is 10.6 Å². The summed E-state index contributed by atoms with van der Waals surface area (Å²) in [6.45, 7) is 0. The first kappa shape index (κ1) is 25.9. The molecule has 1 unspecified atom stereocenters. The van der Waals surface area contributed by atoms with Crippen LogP contribution in [0, 0.1) is 5.82 Å². The van der Waals surface area contributed by atoms with Gasteiger partial charge in [-0.15, -0.1) is 0 Å². The zero-order valence-electron chi connectivity index (χ0n) is 18.0. The predicted molar refractivity (Wildman–Crippen MR) is 123 cm³/mol. The Labute approximate surface area is 204 Å². The van der Waals surface area contributed by atoms with Crippen molar-refractivity contribution in [1.29, 1.82) is 0 Å². The number of aromatic nitrogens is 1. The second-order valence-electron chi connectivity index (χ2n) is 7.58. The third-order valence-electron chi connectivity index (χ3n) is 5.26. The Kier molecular flexibility index (Phi) is 8.52. The Hall–Kier alpha value is -2.68. The maximum absolute atomic E-state index is 13.4. The van der Waals surface area contributed by atoms with Crippen LogP contribution in [0.25, 0.3) is 0 Å². The summed E-state index contributed by atoms with van der Waals surface area (Å²) in [4.78, 5) is 16.2. The Balaban J connectivity index is 1.88. The minimum Gasteiger partial charge on any atom is -0.358 e. The van der Waals surface area contributed by atoms with E-state index in [1.807, 2.05) is 0 Å². The van der Waals surface area contributed by atoms with Crippen molar-refractivity contribution in [2.75, 3.05) is 7.05 Å². The second kappa shape index (κ2) is 11.2. The molecule has 0 aliphatic heterocycles. The molecule has 3 rings (SSSR count). The molecule has 2 atom stereocenters. The van der Waals surface area contributed by atoms with Crippen LogP contribution in [0.3, 0.4) is 0 Å². The summed E-state index contributed by atoms with van der Waals surface area (Å²) in [5.41, 5.74) is 0.900. The van der Waals surface area contributed by atoms with Crippen molar-refractivity contribution in [1.82, 2.24) is 15.6 Å². The van der Waals surface area contributed by atoms with E-state index in [1.54, 1.807) is 18.2 Å². The molecule has 0 saturated carbocycles. The van der Waals surface area contributed by atoms with Gasteiger partial charge in [0.1, 0.15) is 17.6 Å². The maximum Gasteiger partial charge on any atom is 0.433 e. The maximum atomic E-state index is 13.4. The van der Waals surface area contributed by atoms with Gasteiger partial charge in [-0.1, -0.05) is 47.5 Å². The summed E-state index contributed by atoms with van der Waals surface area (Å²) in [6.07, 6.45) is -2.56. The molecule has 0 aliphatic carbocycles. The number of hydrogen-bond acceptors (Lipinski definition) is 3. The van der Waals surface area contributed by atoms with E-state index < -0.39 is 29.8 Å². The molecule has 0 saturated heterocycles. The molecule has 1 heterocycles. The lowest BCUT2D eigenvalue weighted by Gasteiger charge is -2.26. The van der Waals surface area contributed by atoms with Crippen molar-refractivity contribution >= 4 is 29.1 Å². The Morgan fingerprint density at radius 2 is 1.68 bits per heavy atom. The molecule has 2 N–H and O–H groups in total. The highest BCUT2D eigenvalue weighted by atomic mass is 35.5. The average molecular weight is 514 g/mol. The Bertz CT molecular complexity index is 1120. The van der Waals surface area contributed by atoms with E-state index in [9.17, 15) is 22.4 Å². The minimum atomic E-state index is -4.52. The number of rotatable bonds is 8. The molecule has 0 spiro atoms. The zero-order chi connectivity index (χ0) is 24.9. The molecule has 4 nitrogen and oxygen atoms in total. The SMILES string of the molecule is CNC(=O)C(N[C@H](CCc1ccc(C(F)(F)F)nc1)c1ccc(Cl)c(Cl)c1)c1ccc(F)cc1. The smallest absolute Gasteiger partial charge is 0.358 e. The second-order valence-corrected chi connectivity index (χ2v) is 8.39. The highest BCUT2D eigenvalue weighted by molar-refractivity contribution is 6.42. The lowest BCUT2D eigenvalue weighted by molar-refractivity contribution is -0.141. The highest BCUT2D eigenvalue weighted by Crippen LogP contribution is 2.31. The summed E-state index contributed by atoms with van der Waals surface area (Å²) in [5, 5.41) is 6.54. The van der Waals surface area contributed by atoms with Crippen molar-refractivity contribution in [2.24, 2.45) is 0 Å². The number of carbonyl (C=O) groups is 1. The molecular weight excluding hydrogens is 493 g/mol. The Morgan fingerprint density at radius 1 is 1.00 bits per heavy atom. The van der Waals surface area contributed by atoms with Gasteiger partial charge in [0.15, 0.2) is 0 Å². The largest absolute Gasteiger partial charge is 0.433 e. The number of amides is 1. The summed E-state index contributed by atoms with van der Waals surface area (Å²) in [6, 6.07) is 11.6. The lowest BCUT2D eigenvalue weighted by Crippen LogP contribution is -2.38. The number of pyridine rings is 1. The lowest BCUT2D eigenvalue weighted by atomic mass is 9.96. The molecule has 0 aliphatic rings. The summed E-state index contributed by atoms with van der Waals surface area (Å²) >= 11 is 12.2. The van der Waals surface area contributed by atoms with Crippen LogP contribution in [0.5, 0.6) is 0 Å². The van der Waals surface area contributed by atoms with Crippen molar-refractivity contribution in [3.63, 3.8) is 0 Å². The molecule has 0 bridgehead atoms. The van der Waals surface area contributed by atoms with Gasteiger partial charge < -0.3 is 5.32 Å². The molecule has 10 heteroatoms. The molecule has 0 fully saturated rings. The number of aryl methyl sites for hydroxylation is 1. The van der Waals surface area contributed by atoms with Crippen molar-refractivity contribution in [3.8, 4) is 0 Å². The van der Waals surface area contributed by atoms with Gasteiger partial charge in [0.2, 0.25) is 5.91 Å². The van der Waals surface area contributed by atoms with Crippen LogP contribution in [-0.4, -0.2) is 17.9 Å². The van der Waals surface area contributed by atoms with E-state index >= 15 is 0 Å². The number of alkyl halides is 3. The molecule has 3 aromatic rings. The van der Waals surface area contributed by atoms with Gasteiger partial charge >= 0.3 is 6.18 Å². The number of nitrogens with zero attached hydrogens (tertiary/aromatic N) is 1. The molecule has 1 aromatic heterocycles. The van der Waals surface area contributed by atoms with E-state index in [4.69, 9.17) is 23.2 Å². The van der Waals surface area contributed by atoms with E-state index in [2.05, 4.69) is 15.6 Å². The average Bonchev–Trinajstić information content (AvgIpc) is 2.81. The van der Waals surface area contributed by atoms with E-state index in [-0.39, 0.29) is 5.91 Å². The fourth-order valence-corrected chi connectivity index (χ4v) is 3.76. The first-order chi connectivity index (χ1) is 16.1. The first-order valence-electron chi connectivity index (χ1n) is 10.3. The van der Waals surface area contributed by atoms with Gasteiger partial charge in [0, 0.05) is 19.3 Å². The molecule has 0 radical (unpaired) electrons. The van der Waals surface area contributed by atoms with E-state index in [1.165, 1.54) is 43.6 Å². The van der Waals surface area contributed by atoms with E-state index in [0.29, 0.717) is 34.0 Å². The Morgan fingerprint density at radius 3 is 2.24 bits per heavy atom. The van der Waals surface area contributed by atoms with Gasteiger partial charge in [0.25, 0.3) is 0 Å². The van der Waals surface area contributed by atoms with Crippen molar-refractivity contribution < 1.29 is 22.4 Å². The normalized spacial score (nSPS) is 13.4. The molecule has 1 amide bonds. The number of hydrogen-bond donors (Lipinski definition) is 2. The first-order valence-corrected chi connectivity index (χ1v) is 11.0. The standard InChI is InChI=1S/C24H21Cl2F4N3O/c1-31-23(34)22(15-4-7-17(27)8-5-15)33-20(16-6-9-18(25)19(26)12-16)10-2-14-3-11-21(32-13-14)24(28,29)30/h3-9,11-13,20,22,33H,2,10H2,1H3,(H,31,34)/t20-,22?/m1/s1. The fraction of sp³-hybridized carbons (Fsp3) is 0.250. The van der Waals surface area contributed by atoms with Crippen LogP contribution in [0.15, 0.2) is 60.8 Å². The van der Waals surface area contributed by atoms with Crippen molar-refractivity contribution in [2.45, 2.75) is 31.1 Å². The molecule has 2 aromatic carbocycles. The van der Waals surface area contributed by atoms with Crippen LogP contribution in [0.4, 0.5) is 17.6 Å². The van der Waals surface area contributed by atoms with Gasteiger partial charge in [-0.25, -0.2) is 4.39 Å². The molecular formula is C24H21Cl2F4N3O. The third kappa shape index (κ3) is 6.68. The predicted octanol–water partition coefficient (Wildman–Crippen LogP) is 6.30. The van der Waals surface area contributed by atoms with Crippen LogP contribution in [0.2, 0.25) is 10.0 Å².